The summed E-state index contributed by atoms with van der Waals surface area (Å²) < 4.78 is 34.1. The molecule has 8 nitrogen and oxygen atoms in total. The van der Waals surface area contributed by atoms with Gasteiger partial charge in [-0.05, 0) is 62.6 Å². The molecular formula is C32H38ClN3O5S. The van der Waals surface area contributed by atoms with Crippen molar-refractivity contribution in [2.24, 2.45) is 0 Å². The van der Waals surface area contributed by atoms with E-state index in [0.717, 1.165) is 47.5 Å². The highest BCUT2D eigenvalue weighted by Gasteiger charge is 2.33. The van der Waals surface area contributed by atoms with Crippen molar-refractivity contribution in [2.45, 2.75) is 69.5 Å². The standard InChI is InChI=1S/C32H38ClN3O5S/c1-23-11-10-12-25(19-23)21-35(24(2)32(38)34-26-13-6-4-7-14-26)31(37)22-36(27-17-18-30(41-3)29(33)20-27)42(39,40)28-15-8-5-9-16-28/h5,8-12,15-20,24,26H,4,6-7,13-14,21-22H2,1-3H3,(H,34,38)/t24-/m1/s1. The molecule has 1 atom stereocenters. The van der Waals surface area contributed by atoms with Crippen LogP contribution >= 0.6 is 11.6 Å². The number of carbonyl (C=O) groups excluding carboxylic acids is 2. The molecule has 0 heterocycles. The number of rotatable bonds is 11. The van der Waals surface area contributed by atoms with Gasteiger partial charge in [0.05, 0.1) is 22.7 Å². The quantitative estimate of drug-likeness (QED) is 0.299. The number of hydrogen-bond acceptors (Lipinski definition) is 5. The Morgan fingerprint density at radius 2 is 1.71 bits per heavy atom. The molecule has 3 aromatic carbocycles. The van der Waals surface area contributed by atoms with Gasteiger partial charge in [0.2, 0.25) is 11.8 Å². The minimum Gasteiger partial charge on any atom is -0.495 e. The zero-order valence-corrected chi connectivity index (χ0v) is 25.8. The number of ether oxygens (including phenoxy) is 1. The van der Waals surface area contributed by atoms with Crippen LogP contribution in [-0.4, -0.2) is 50.9 Å². The molecule has 2 amide bonds. The summed E-state index contributed by atoms with van der Waals surface area (Å²) in [6.07, 6.45) is 5.09. The predicted octanol–water partition coefficient (Wildman–Crippen LogP) is 5.72. The summed E-state index contributed by atoms with van der Waals surface area (Å²) in [5, 5.41) is 3.32. The lowest BCUT2D eigenvalue weighted by Crippen LogP contribution is -2.53. The fraction of sp³-hybridized carbons (Fsp3) is 0.375. The molecule has 1 aliphatic carbocycles. The summed E-state index contributed by atoms with van der Waals surface area (Å²) in [4.78, 5) is 29.0. The third-order valence-corrected chi connectivity index (χ3v) is 9.67. The highest BCUT2D eigenvalue weighted by molar-refractivity contribution is 7.92. The Morgan fingerprint density at radius 3 is 2.36 bits per heavy atom. The van der Waals surface area contributed by atoms with Crippen molar-refractivity contribution in [3.63, 3.8) is 0 Å². The molecule has 0 bridgehead atoms. The number of methoxy groups -OCH3 is 1. The Labute approximate surface area is 253 Å². The largest absolute Gasteiger partial charge is 0.495 e. The van der Waals surface area contributed by atoms with Crippen molar-refractivity contribution in [2.75, 3.05) is 18.0 Å². The van der Waals surface area contributed by atoms with Crippen LogP contribution in [0.2, 0.25) is 5.02 Å². The summed E-state index contributed by atoms with van der Waals surface area (Å²) >= 11 is 6.38. The van der Waals surface area contributed by atoms with Crippen molar-refractivity contribution < 1.29 is 22.7 Å². The average molecular weight is 612 g/mol. The van der Waals surface area contributed by atoms with E-state index in [2.05, 4.69) is 5.32 Å². The monoisotopic (exact) mass is 611 g/mol. The maximum atomic E-state index is 14.1. The Kier molecular flexibility index (Phi) is 10.5. The summed E-state index contributed by atoms with van der Waals surface area (Å²) in [7, 11) is -2.72. The van der Waals surface area contributed by atoms with Crippen LogP contribution in [0.15, 0.2) is 77.7 Å². The number of halogens is 1. The molecule has 10 heteroatoms. The van der Waals surface area contributed by atoms with Gasteiger partial charge in [0.25, 0.3) is 10.0 Å². The van der Waals surface area contributed by atoms with E-state index in [0.29, 0.717) is 5.75 Å². The Morgan fingerprint density at radius 1 is 1.00 bits per heavy atom. The van der Waals surface area contributed by atoms with Crippen LogP contribution < -0.4 is 14.4 Å². The van der Waals surface area contributed by atoms with E-state index in [1.54, 1.807) is 37.3 Å². The molecule has 224 valence electrons. The number of benzene rings is 3. The van der Waals surface area contributed by atoms with Crippen LogP contribution in [0, 0.1) is 6.92 Å². The van der Waals surface area contributed by atoms with Gasteiger partial charge in [0.15, 0.2) is 0 Å². The van der Waals surface area contributed by atoms with Gasteiger partial charge in [-0.1, -0.05) is 78.9 Å². The van der Waals surface area contributed by atoms with E-state index in [-0.39, 0.29) is 34.1 Å². The highest BCUT2D eigenvalue weighted by atomic mass is 35.5. The molecule has 1 saturated carbocycles. The van der Waals surface area contributed by atoms with E-state index in [1.807, 2.05) is 31.2 Å². The Hall–Kier alpha value is -3.56. The van der Waals surface area contributed by atoms with Crippen molar-refractivity contribution in [1.82, 2.24) is 10.2 Å². The summed E-state index contributed by atoms with van der Waals surface area (Å²) in [6, 6.07) is 19.4. The van der Waals surface area contributed by atoms with Crippen molar-refractivity contribution >= 4 is 39.1 Å². The lowest BCUT2D eigenvalue weighted by atomic mass is 9.95. The summed E-state index contributed by atoms with van der Waals surface area (Å²) in [6.45, 7) is 3.25. The molecule has 4 rings (SSSR count). The van der Waals surface area contributed by atoms with E-state index < -0.39 is 28.5 Å². The maximum absolute atomic E-state index is 14.1. The first-order valence-corrected chi connectivity index (χ1v) is 16.0. The molecular weight excluding hydrogens is 574 g/mol. The number of amides is 2. The van der Waals surface area contributed by atoms with Gasteiger partial charge in [-0.3, -0.25) is 13.9 Å². The number of anilines is 1. The van der Waals surface area contributed by atoms with Crippen LogP contribution in [0.3, 0.4) is 0 Å². The molecule has 1 fully saturated rings. The average Bonchev–Trinajstić information content (AvgIpc) is 2.99. The maximum Gasteiger partial charge on any atom is 0.264 e. The number of sulfonamides is 1. The van der Waals surface area contributed by atoms with Crippen LogP contribution in [0.25, 0.3) is 0 Å². The second kappa shape index (κ2) is 14.1. The van der Waals surface area contributed by atoms with Crippen LogP contribution in [0.5, 0.6) is 5.75 Å². The molecule has 0 aliphatic heterocycles. The Balaban J connectivity index is 1.69. The topological polar surface area (TPSA) is 96.0 Å². The van der Waals surface area contributed by atoms with Crippen LogP contribution in [0.1, 0.15) is 50.2 Å². The van der Waals surface area contributed by atoms with Gasteiger partial charge in [0, 0.05) is 12.6 Å². The summed E-state index contributed by atoms with van der Waals surface area (Å²) in [5.41, 5.74) is 2.05. The molecule has 3 aromatic rings. The van der Waals surface area contributed by atoms with Gasteiger partial charge in [-0.2, -0.15) is 0 Å². The first-order chi connectivity index (χ1) is 20.1. The first-order valence-electron chi connectivity index (χ1n) is 14.2. The SMILES string of the molecule is COc1ccc(N(CC(=O)N(Cc2cccc(C)c2)[C@H](C)C(=O)NC2CCCCC2)S(=O)(=O)c2ccccc2)cc1Cl. The molecule has 0 unspecified atom stereocenters. The third-order valence-electron chi connectivity index (χ3n) is 7.59. The molecule has 1 aliphatic rings. The second-order valence-electron chi connectivity index (χ2n) is 10.7. The van der Waals surface area contributed by atoms with Gasteiger partial charge < -0.3 is 15.0 Å². The molecule has 42 heavy (non-hydrogen) atoms. The van der Waals surface area contributed by atoms with Gasteiger partial charge in [-0.25, -0.2) is 8.42 Å². The van der Waals surface area contributed by atoms with Gasteiger partial charge in [0.1, 0.15) is 18.3 Å². The fourth-order valence-electron chi connectivity index (χ4n) is 5.22. The number of carbonyl (C=O) groups is 2. The zero-order valence-electron chi connectivity index (χ0n) is 24.3. The van der Waals surface area contributed by atoms with Crippen LogP contribution in [0.4, 0.5) is 5.69 Å². The number of aryl methyl sites for hydroxylation is 1. The van der Waals surface area contributed by atoms with Crippen LogP contribution in [-0.2, 0) is 26.2 Å². The normalized spacial score (nSPS) is 14.6. The van der Waals surface area contributed by atoms with Gasteiger partial charge >= 0.3 is 0 Å². The third kappa shape index (κ3) is 7.63. The smallest absolute Gasteiger partial charge is 0.264 e. The first kappa shape index (κ1) is 31.4. The molecule has 0 radical (unpaired) electrons. The summed E-state index contributed by atoms with van der Waals surface area (Å²) in [5.74, 6) is -0.403. The van der Waals surface area contributed by atoms with Crippen molar-refractivity contribution in [3.05, 3.63) is 88.9 Å². The molecule has 1 N–H and O–H groups in total. The van der Waals surface area contributed by atoms with Crippen molar-refractivity contribution in [1.29, 1.82) is 0 Å². The lowest BCUT2D eigenvalue weighted by Gasteiger charge is -2.33. The Bertz CT molecular complexity index is 1490. The number of nitrogens with zero attached hydrogens (tertiary/aromatic N) is 2. The molecule has 0 spiro atoms. The van der Waals surface area contributed by atoms with Gasteiger partial charge in [-0.15, -0.1) is 0 Å². The predicted molar refractivity (Wildman–Crippen MR) is 165 cm³/mol. The molecule has 0 saturated heterocycles. The zero-order chi connectivity index (χ0) is 30.3. The van der Waals surface area contributed by atoms with E-state index in [4.69, 9.17) is 16.3 Å². The number of nitrogens with one attached hydrogen (secondary N) is 1. The molecule has 0 aromatic heterocycles. The second-order valence-corrected chi connectivity index (χ2v) is 12.9. The van der Waals surface area contributed by atoms with E-state index in [1.165, 1.54) is 30.2 Å². The van der Waals surface area contributed by atoms with E-state index in [9.17, 15) is 18.0 Å². The minimum atomic E-state index is -4.18. The fourth-order valence-corrected chi connectivity index (χ4v) is 6.90. The minimum absolute atomic E-state index is 0.0260. The van der Waals surface area contributed by atoms with Crippen molar-refractivity contribution in [3.8, 4) is 5.75 Å². The highest BCUT2D eigenvalue weighted by Crippen LogP contribution is 2.32. The number of hydrogen-bond donors (Lipinski definition) is 1. The lowest BCUT2D eigenvalue weighted by molar-refractivity contribution is -0.139. The van der Waals surface area contributed by atoms with E-state index >= 15 is 0 Å².